The van der Waals surface area contributed by atoms with Gasteiger partial charge in [-0.1, -0.05) is 35.9 Å². The van der Waals surface area contributed by atoms with E-state index in [4.69, 9.17) is 4.74 Å². The summed E-state index contributed by atoms with van der Waals surface area (Å²) in [4.78, 5) is 2.15. The molecule has 1 saturated heterocycles. The quantitative estimate of drug-likeness (QED) is 0.919. The van der Waals surface area contributed by atoms with Crippen LogP contribution in [0, 0.1) is 6.92 Å². The number of ether oxygens (including phenoxy) is 1. The van der Waals surface area contributed by atoms with Crippen molar-refractivity contribution in [1.82, 2.24) is 0 Å². The number of rotatable bonds is 2. The van der Waals surface area contributed by atoms with Gasteiger partial charge in [0.05, 0.1) is 7.11 Å². The first-order valence-corrected chi connectivity index (χ1v) is 7.87. The second-order valence-electron chi connectivity index (χ2n) is 6.42. The van der Waals surface area contributed by atoms with E-state index in [-0.39, 0.29) is 0 Å². The highest BCUT2D eigenvalue weighted by molar-refractivity contribution is 5.67. The van der Waals surface area contributed by atoms with E-state index in [9.17, 15) is 5.11 Å². The van der Waals surface area contributed by atoms with E-state index in [1.807, 2.05) is 12.1 Å². The number of hydrogen-bond acceptors (Lipinski definition) is 3. The average molecular weight is 295 g/mol. The van der Waals surface area contributed by atoms with Crippen LogP contribution in [0.3, 0.4) is 0 Å². The van der Waals surface area contributed by atoms with E-state index in [0.717, 1.165) is 36.4 Å². The highest BCUT2D eigenvalue weighted by Crippen LogP contribution is 2.54. The number of fused-ring (bicyclic) bond motifs is 2. The fraction of sp³-hybridized carbons (Fsp3) is 0.368. The lowest BCUT2D eigenvalue weighted by Gasteiger charge is -2.53. The fourth-order valence-corrected chi connectivity index (χ4v) is 4.04. The van der Waals surface area contributed by atoms with Gasteiger partial charge in [-0.2, -0.15) is 0 Å². The van der Waals surface area contributed by atoms with Crippen LogP contribution in [0.15, 0.2) is 42.5 Å². The van der Waals surface area contributed by atoms with Gasteiger partial charge in [-0.15, -0.1) is 0 Å². The van der Waals surface area contributed by atoms with E-state index in [0.29, 0.717) is 5.92 Å². The molecule has 3 heteroatoms. The Kier molecular flexibility index (Phi) is 2.95. The minimum atomic E-state index is -0.907. The number of aryl methyl sites for hydroxylation is 1. The van der Waals surface area contributed by atoms with Crippen LogP contribution in [0.2, 0.25) is 0 Å². The van der Waals surface area contributed by atoms with Crippen molar-refractivity contribution in [3.05, 3.63) is 59.2 Å². The molecule has 2 aromatic rings. The van der Waals surface area contributed by atoms with Gasteiger partial charge in [0, 0.05) is 29.8 Å². The maximum absolute atomic E-state index is 11.4. The predicted molar refractivity (Wildman–Crippen MR) is 87.4 cm³/mol. The van der Waals surface area contributed by atoms with Crippen LogP contribution >= 0.6 is 0 Å². The Morgan fingerprint density at radius 1 is 1.18 bits per heavy atom. The van der Waals surface area contributed by atoms with E-state index < -0.39 is 5.72 Å². The van der Waals surface area contributed by atoms with Crippen LogP contribution in [0.4, 0.5) is 5.69 Å². The number of piperidine rings is 1. The van der Waals surface area contributed by atoms with Crippen molar-refractivity contribution in [2.24, 2.45) is 0 Å². The number of hydrogen-bond donors (Lipinski definition) is 1. The molecule has 0 aromatic heterocycles. The van der Waals surface area contributed by atoms with Gasteiger partial charge >= 0.3 is 0 Å². The Balaban J connectivity index is 1.84. The molecule has 3 aliphatic heterocycles. The van der Waals surface area contributed by atoms with Gasteiger partial charge in [-0.05, 0) is 31.4 Å². The van der Waals surface area contributed by atoms with Crippen LogP contribution < -0.4 is 9.64 Å². The van der Waals surface area contributed by atoms with Gasteiger partial charge in [0.15, 0.2) is 5.72 Å². The van der Waals surface area contributed by atoms with Gasteiger partial charge < -0.3 is 14.7 Å². The Morgan fingerprint density at radius 2 is 1.95 bits per heavy atom. The fourth-order valence-electron chi connectivity index (χ4n) is 4.04. The van der Waals surface area contributed by atoms with Gasteiger partial charge in [0.2, 0.25) is 0 Å². The second-order valence-corrected chi connectivity index (χ2v) is 6.42. The third-order valence-corrected chi connectivity index (χ3v) is 5.15. The third kappa shape index (κ3) is 1.78. The molecule has 2 unspecified atom stereocenters. The first-order valence-electron chi connectivity index (χ1n) is 7.87. The van der Waals surface area contributed by atoms with Crippen molar-refractivity contribution >= 4 is 5.69 Å². The molecule has 3 nitrogen and oxygen atoms in total. The van der Waals surface area contributed by atoms with Crippen molar-refractivity contribution in [3.63, 3.8) is 0 Å². The molecule has 114 valence electrons. The van der Waals surface area contributed by atoms with Crippen molar-refractivity contribution in [2.75, 3.05) is 18.6 Å². The van der Waals surface area contributed by atoms with E-state index in [1.54, 1.807) is 7.11 Å². The lowest BCUT2D eigenvalue weighted by molar-refractivity contribution is -0.00633. The van der Waals surface area contributed by atoms with E-state index >= 15 is 0 Å². The maximum atomic E-state index is 11.4. The van der Waals surface area contributed by atoms with Crippen LogP contribution in [-0.4, -0.2) is 18.8 Å². The molecule has 0 amide bonds. The monoisotopic (exact) mass is 295 g/mol. The Bertz CT molecular complexity index is 710. The van der Waals surface area contributed by atoms with Crippen LogP contribution in [0.25, 0.3) is 0 Å². The van der Waals surface area contributed by atoms with Gasteiger partial charge in [0.25, 0.3) is 0 Å². The van der Waals surface area contributed by atoms with E-state index in [1.165, 1.54) is 11.1 Å². The molecule has 5 rings (SSSR count). The van der Waals surface area contributed by atoms with E-state index in [2.05, 4.69) is 42.2 Å². The molecule has 2 aromatic carbocycles. The molecule has 3 heterocycles. The highest BCUT2D eigenvalue weighted by Gasteiger charge is 2.49. The molecule has 3 aliphatic rings. The molecule has 0 aliphatic carbocycles. The van der Waals surface area contributed by atoms with Gasteiger partial charge in [0.1, 0.15) is 5.75 Å². The largest absolute Gasteiger partial charge is 0.496 e. The zero-order valence-corrected chi connectivity index (χ0v) is 13.0. The normalized spacial score (nSPS) is 26.0. The zero-order valence-electron chi connectivity index (χ0n) is 13.0. The Morgan fingerprint density at radius 3 is 2.68 bits per heavy atom. The summed E-state index contributed by atoms with van der Waals surface area (Å²) in [5.41, 5.74) is 3.66. The molecule has 0 spiro atoms. The summed E-state index contributed by atoms with van der Waals surface area (Å²) in [6.07, 6.45) is 1.80. The first-order chi connectivity index (χ1) is 10.6. The molecule has 1 fully saturated rings. The van der Waals surface area contributed by atoms with Crippen molar-refractivity contribution in [1.29, 1.82) is 0 Å². The van der Waals surface area contributed by atoms with Crippen molar-refractivity contribution in [3.8, 4) is 5.75 Å². The molecular weight excluding hydrogens is 274 g/mol. The number of benzene rings is 2. The summed E-state index contributed by atoms with van der Waals surface area (Å²) >= 11 is 0. The summed E-state index contributed by atoms with van der Waals surface area (Å²) in [5, 5.41) is 11.4. The summed E-state index contributed by atoms with van der Waals surface area (Å²) in [7, 11) is 1.72. The predicted octanol–water partition coefficient (Wildman–Crippen LogP) is 3.55. The minimum Gasteiger partial charge on any atom is -0.496 e. The molecule has 22 heavy (non-hydrogen) atoms. The lowest BCUT2D eigenvalue weighted by Crippen LogP contribution is -2.55. The number of nitrogens with zero attached hydrogens (tertiary/aromatic N) is 1. The summed E-state index contributed by atoms with van der Waals surface area (Å²) < 4.78 is 5.55. The summed E-state index contributed by atoms with van der Waals surface area (Å²) in [6, 6.07) is 14.4. The number of methoxy groups -OCH3 is 1. The molecule has 0 radical (unpaired) electrons. The minimum absolute atomic E-state index is 0.349. The SMILES string of the molecule is COc1cccc2c1C1CCN2C(O)(c2ccc(C)cc2)C1. The van der Waals surface area contributed by atoms with Crippen molar-refractivity contribution in [2.45, 2.75) is 31.4 Å². The van der Waals surface area contributed by atoms with Crippen LogP contribution in [-0.2, 0) is 5.72 Å². The van der Waals surface area contributed by atoms with Crippen LogP contribution in [0.5, 0.6) is 5.75 Å². The van der Waals surface area contributed by atoms with Gasteiger partial charge in [-0.3, -0.25) is 0 Å². The first kappa shape index (κ1) is 13.6. The molecular formula is C19H21NO2. The zero-order chi connectivity index (χ0) is 15.3. The lowest BCUT2D eigenvalue weighted by atomic mass is 9.74. The summed E-state index contributed by atoms with van der Waals surface area (Å²) in [6.45, 7) is 2.95. The Hall–Kier alpha value is -2.00. The second kappa shape index (κ2) is 4.75. The highest BCUT2D eigenvalue weighted by atomic mass is 16.5. The molecule has 1 N–H and O–H groups in total. The third-order valence-electron chi connectivity index (χ3n) is 5.15. The molecule has 2 bridgehead atoms. The van der Waals surface area contributed by atoms with Gasteiger partial charge in [-0.25, -0.2) is 0 Å². The molecule has 2 atom stereocenters. The topological polar surface area (TPSA) is 32.7 Å². The number of aliphatic hydroxyl groups is 1. The average Bonchev–Trinajstić information content (AvgIpc) is 2.55. The Labute approximate surface area is 131 Å². The smallest absolute Gasteiger partial charge is 0.164 e. The van der Waals surface area contributed by atoms with Crippen molar-refractivity contribution < 1.29 is 9.84 Å². The standard InChI is InChI=1S/C19H21NO2/c1-13-6-8-15(9-7-13)19(21)12-14-10-11-20(19)16-4-3-5-17(22-2)18(14)16/h3-9,14,21H,10-12H2,1-2H3. The van der Waals surface area contributed by atoms with Crippen LogP contribution in [0.1, 0.15) is 35.4 Å². The summed E-state index contributed by atoms with van der Waals surface area (Å²) in [5.74, 6) is 1.29. The maximum Gasteiger partial charge on any atom is 0.164 e. The number of anilines is 1. The molecule has 0 saturated carbocycles.